The second kappa shape index (κ2) is 5.94. The Morgan fingerprint density at radius 3 is 2.46 bits per heavy atom. The molecule has 4 nitrogen and oxygen atoms in total. The maximum atomic E-state index is 11.5. The molecule has 0 aliphatic heterocycles. The predicted molar refractivity (Wildman–Crippen MR) is 52.5 cm³/mol. The molecule has 4 heteroatoms. The number of carbonyl (C=O) groups is 1. The zero-order valence-electron chi connectivity index (χ0n) is 8.87. The van der Waals surface area contributed by atoms with E-state index in [2.05, 4.69) is 5.32 Å². The summed E-state index contributed by atoms with van der Waals surface area (Å²) in [7, 11) is 3.50. The van der Waals surface area contributed by atoms with E-state index in [0.717, 1.165) is 0 Å². The minimum Gasteiger partial charge on any atom is -0.393 e. The molecule has 0 aliphatic carbocycles. The maximum absolute atomic E-state index is 11.5. The summed E-state index contributed by atoms with van der Waals surface area (Å²) >= 11 is 0. The van der Waals surface area contributed by atoms with Gasteiger partial charge in [0.05, 0.1) is 12.1 Å². The number of carbonyl (C=O) groups excluding carboxylic acids is 1. The van der Waals surface area contributed by atoms with Crippen molar-refractivity contribution in [2.75, 3.05) is 20.6 Å². The molecule has 13 heavy (non-hydrogen) atoms. The summed E-state index contributed by atoms with van der Waals surface area (Å²) < 4.78 is 0. The third-order valence-corrected chi connectivity index (χ3v) is 2.06. The van der Waals surface area contributed by atoms with E-state index < -0.39 is 0 Å². The molecule has 0 bridgehead atoms. The van der Waals surface area contributed by atoms with Gasteiger partial charge in [-0.2, -0.15) is 0 Å². The molecule has 2 atom stereocenters. The first-order valence-corrected chi connectivity index (χ1v) is 4.59. The van der Waals surface area contributed by atoms with Crippen LogP contribution < -0.4 is 5.32 Å². The van der Waals surface area contributed by atoms with Crippen molar-refractivity contribution in [1.82, 2.24) is 10.2 Å². The Hall–Kier alpha value is -0.610. The molecule has 0 radical (unpaired) electrons. The number of aliphatic hydroxyl groups excluding tert-OH is 1. The lowest BCUT2D eigenvalue weighted by Gasteiger charge is -2.21. The predicted octanol–water partition coefficient (Wildman–Crippen LogP) is -0.176. The van der Waals surface area contributed by atoms with Crippen LogP contribution in [0.4, 0.5) is 0 Å². The van der Waals surface area contributed by atoms with Gasteiger partial charge in [-0.25, -0.2) is 0 Å². The minimum absolute atomic E-state index is 0.0585. The second-order valence-electron chi connectivity index (χ2n) is 3.41. The van der Waals surface area contributed by atoms with Gasteiger partial charge in [-0.15, -0.1) is 0 Å². The van der Waals surface area contributed by atoms with E-state index in [1.807, 2.05) is 6.92 Å². The van der Waals surface area contributed by atoms with E-state index in [0.29, 0.717) is 13.0 Å². The van der Waals surface area contributed by atoms with E-state index in [-0.39, 0.29) is 18.1 Å². The summed E-state index contributed by atoms with van der Waals surface area (Å²) in [6.45, 7) is 4.14. The van der Waals surface area contributed by atoms with Gasteiger partial charge in [-0.3, -0.25) is 4.79 Å². The molecule has 78 valence electrons. The van der Waals surface area contributed by atoms with Crippen LogP contribution >= 0.6 is 0 Å². The van der Waals surface area contributed by atoms with E-state index >= 15 is 0 Å². The zero-order valence-corrected chi connectivity index (χ0v) is 8.87. The lowest BCUT2D eigenvalue weighted by molar-refractivity contribution is -0.131. The van der Waals surface area contributed by atoms with E-state index in [4.69, 9.17) is 5.11 Å². The maximum Gasteiger partial charge on any atom is 0.239 e. The van der Waals surface area contributed by atoms with E-state index in [1.165, 1.54) is 0 Å². The first-order chi connectivity index (χ1) is 5.99. The van der Waals surface area contributed by atoms with Crippen LogP contribution in [0.3, 0.4) is 0 Å². The molecule has 0 heterocycles. The first kappa shape index (κ1) is 12.4. The molecule has 0 aliphatic rings. The summed E-state index contributed by atoms with van der Waals surface area (Å²) in [5, 5.41) is 11.9. The van der Waals surface area contributed by atoms with Gasteiger partial charge in [0.25, 0.3) is 0 Å². The van der Waals surface area contributed by atoms with E-state index in [1.54, 1.807) is 25.9 Å². The Kier molecular flexibility index (Phi) is 5.66. The largest absolute Gasteiger partial charge is 0.393 e. The number of nitrogens with one attached hydrogen (secondary N) is 1. The average molecular weight is 188 g/mol. The highest BCUT2D eigenvalue weighted by atomic mass is 16.3. The third kappa shape index (κ3) is 4.85. The number of likely N-dealkylation sites (N-methyl/N-ethyl adjacent to an activating group) is 2. The van der Waals surface area contributed by atoms with Crippen molar-refractivity contribution >= 4 is 5.91 Å². The lowest BCUT2D eigenvalue weighted by Crippen LogP contribution is -2.42. The van der Waals surface area contributed by atoms with Crippen molar-refractivity contribution in [3.05, 3.63) is 0 Å². The molecule has 0 saturated heterocycles. The van der Waals surface area contributed by atoms with Crippen molar-refractivity contribution in [3.63, 3.8) is 0 Å². The number of aliphatic hydroxyl groups is 1. The summed E-state index contributed by atoms with van der Waals surface area (Å²) in [6, 6.07) is -0.154. The Balaban J connectivity index is 3.82. The summed E-state index contributed by atoms with van der Waals surface area (Å²) in [5.74, 6) is 0.0585. The normalized spacial score (nSPS) is 15.2. The molecule has 2 unspecified atom stereocenters. The summed E-state index contributed by atoms with van der Waals surface area (Å²) in [5.41, 5.74) is 0. The molecule has 2 N–H and O–H groups in total. The third-order valence-electron chi connectivity index (χ3n) is 2.06. The van der Waals surface area contributed by atoms with Gasteiger partial charge in [0.2, 0.25) is 5.91 Å². The second-order valence-corrected chi connectivity index (χ2v) is 3.41. The minimum atomic E-state index is -0.347. The number of nitrogens with zero attached hydrogens (tertiary/aromatic N) is 1. The number of hydrogen-bond acceptors (Lipinski definition) is 3. The van der Waals surface area contributed by atoms with Gasteiger partial charge in [0.1, 0.15) is 0 Å². The smallest absolute Gasteiger partial charge is 0.239 e. The molecule has 0 rings (SSSR count). The highest BCUT2D eigenvalue weighted by Gasteiger charge is 2.15. The van der Waals surface area contributed by atoms with Gasteiger partial charge in [-0.1, -0.05) is 0 Å². The molecular formula is C9H20N2O2. The van der Waals surface area contributed by atoms with Crippen molar-refractivity contribution in [3.8, 4) is 0 Å². The Morgan fingerprint density at radius 1 is 1.54 bits per heavy atom. The van der Waals surface area contributed by atoms with Crippen LogP contribution in [-0.2, 0) is 4.79 Å². The van der Waals surface area contributed by atoms with Gasteiger partial charge in [0.15, 0.2) is 0 Å². The van der Waals surface area contributed by atoms with Crippen LogP contribution in [-0.4, -0.2) is 48.7 Å². The van der Waals surface area contributed by atoms with Crippen molar-refractivity contribution < 1.29 is 9.90 Å². The molecule has 0 saturated carbocycles. The van der Waals surface area contributed by atoms with E-state index in [9.17, 15) is 4.79 Å². The highest BCUT2D eigenvalue weighted by molar-refractivity contribution is 5.81. The van der Waals surface area contributed by atoms with Crippen LogP contribution in [0.25, 0.3) is 0 Å². The van der Waals surface area contributed by atoms with Crippen LogP contribution in [0.15, 0.2) is 0 Å². The van der Waals surface area contributed by atoms with Crippen LogP contribution in [0.2, 0.25) is 0 Å². The van der Waals surface area contributed by atoms with Gasteiger partial charge >= 0.3 is 0 Å². The monoisotopic (exact) mass is 188 g/mol. The average Bonchev–Trinajstić information content (AvgIpc) is 2.11. The number of amides is 1. The Bertz CT molecular complexity index is 160. The number of hydrogen-bond donors (Lipinski definition) is 2. The van der Waals surface area contributed by atoms with Gasteiger partial charge < -0.3 is 15.3 Å². The van der Waals surface area contributed by atoms with Crippen LogP contribution in [0.5, 0.6) is 0 Å². The van der Waals surface area contributed by atoms with Crippen molar-refractivity contribution in [2.45, 2.75) is 32.4 Å². The molecule has 0 spiro atoms. The Morgan fingerprint density at radius 2 is 2.08 bits per heavy atom. The Labute approximate surface area is 79.9 Å². The van der Waals surface area contributed by atoms with Gasteiger partial charge in [-0.05, 0) is 27.3 Å². The molecular weight excluding hydrogens is 168 g/mol. The summed E-state index contributed by atoms with van der Waals surface area (Å²) in [6.07, 6.45) is 0.277. The standard InChI is InChI=1S/C9H20N2O2/c1-7(12)5-6-11(4)9(13)8(2)10-3/h7-8,10,12H,5-6H2,1-4H3. The quantitative estimate of drug-likeness (QED) is 0.629. The fourth-order valence-corrected chi connectivity index (χ4v) is 0.945. The summed E-state index contributed by atoms with van der Waals surface area (Å²) in [4.78, 5) is 13.1. The van der Waals surface area contributed by atoms with Gasteiger partial charge in [0, 0.05) is 13.6 Å². The fourth-order valence-electron chi connectivity index (χ4n) is 0.945. The van der Waals surface area contributed by atoms with Crippen molar-refractivity contribution in [1.29, 1.82) is 0 Å². The molecule has 1 amide bonds. The van der Waals surface area contributed by atoms with Crippen molar-refractivity contribution in [2.24, 2.45) is 0 Å². The van der Waals surface area contributed by atoms with Crippen LogP contribution in [0, 0.1) is 0 Å². The molecule has 0 aromatic carbocycles. The molecule has 0 aromatic rings. The SMILES string of the molecule is CNC(C)C(=O)N(C)CCC(C)O. The van der Waals surface area contributed by atoms with Crippen LogP contribution in [0.1, 0.15) is 20.3 Å². The zero-order chi connectivity index (χ0) is 10.4. The first-order valence-electron chi connectivity index (χ1n) is 4.59. The highest BCUT2D eigenvalue weighted by Crippen LogP contribution is 1.96. The lowest BCUT2D eigenvalue weighted by atomic mass is 10.2. The number of rotatable bonds is 5. The molecule has 0 fully saturated rings. The topological polar surface area (TPSA) is 52.6 Å². The fraction of sp³-hybridized carbons (Fsp3) is 0.889. The molecule has 0 aromatic heterocycles.